The van der Waals surface area contributed by atoms with Crippen LogP contribution in [0.25, 0.3) is 43.4 Å². The Hall–Kier alpha value is -4.26. The molecule has 0 fully saturated rings. The van der Waals surface area contributed by atoms with E-state index >= 15 is 0 Å². The quantitative estimate of drug-likeness (QED) is 0.216. The van der Waals surface area contributed by atoms with Crippen molar-refractivity contribution in [1.82, 2.24) is 24.9 Å². The average Bonchev–Trinajstić information content (AvgIpc) is 3.60. The van der Waals surface area contributed by atoms with Crippen LogP contribution in [-0.2, 0) is 18.9 Å². The van der Waals surface area contributed by atoms with Crippen LogP contribution in [0.2, 0.25) is 0 Å². The fourth-order valence-corrected chi connectivity index (χ4v) is 5.00. The first-order chi connectivity index (χ1) is 18.0. The third-order valence-electron chi connectivity index (χ3n) is 5.77. The van der Waals surface area contributed by atoms with Crippen molar-refractivity contribution in [2.75, 3.05) is 0 Å². The van der Waals surface area contributed by atoms with Crippen LogP contribution in [0.3, 0.4) is 0 Å². The van der Waals surface area contributed by atoms with Gasteiger partial charge in [-0.3, -0.25) is 4.68 Å². The SMILES string of the molecule is FC(F)(F)c1ccc(-c2cc(Cn3cc4nc(-c5cc6ccccc6s5)nc-4cn3)on2)c(C(F)(F)F)c1. The number of halogens is 6. The van der Waals surface area contributed by atoms with Gasteiger partial charge in [0.05, 0.1) is 28.4 Å². The predicted molar refractivity (Wildman–Crippen MR) is 126 cm³/mol. The van der Waals surface area contributed by atoms with E-state index in [0.717, 1.165) is 21.0 Å². The van der Waals surface area contributed by atoms with Gasteiger partial charge in [-0.05, 0) is 29.7 Å². The monoisotopic (exact) mass is 545 g/mol. The summed E-state index contributed by atoms with van der Waals surface area (Å²) in [5.74, 6) is 0.693. The van der Waals surface area contributed by atoms with E-state index in [0.29, 0.717) is 23.3 Å². The summed E-state index contributed by atoms with van der Waals surface area (Å²) >= 11 is 1.56. The Bertz CT molecular complexity index is 1720. The number of hydrogen-bond donors (Lipinski definition) is 0. The molecular formula is C25H13F6N5OS. The van der Waals surface area contributed by atoms with E-state index < -0.39 is 29.0 Å². The average molecular weight is 545 g/mol. The minimum Gasteiger partial charge on any atom is -0.359 e. The van der Waals surface area contributed by atoms with Gasteiger partial charge in [0.1, 0.15) is 23.6 Å². The van der Waals surface area contributed by atoms with Gasteiger partial charge in [0.25, 0.3) is 0 Å². The van der Waals surface area contributed by atoms with Crippen molar-refractivity contribution in [2.24, 2.45) is 0 Å². The second-order valence-electron chi connectivity index (χ2n) is 8.37. The first kappa shape index (κ1) is 24.1. The molecule has 38 heavy (non-hydrogen) atoms. The zero-order valence-electron chi connectivity index (χ0n) is 18.9. The molecule has 192 valence electrons. The summed E-state index contributed by atoms with van der Waals surface area (Å²) in [6, 6.07) is 12.5. The number of imidazole rings is 1. The normalized spacial score (nSPS) is 12.6. The summed E-state index contributed by atoms with van der Waals surface area (Å²) < 4.78 is 87.3. The molecule has 2 aromatic heterocycles. The minimum atomic E-state index is -5.03. The number of fused-ring (bicyclic) bond motifs is 2. The van der Waals surface area contributed by atoms with Crippen LogP contribution in [0.1, 0.15) is 16.9 Å². The van der Waals surface area contributed by atoms with Crippen molar-refractivity contribution >= 4 is 21.4 Å². The third-order valence-corrected chi connectivity index (χ3v) is 6.88. The van der Waals surface area contributed by atoms with Crippen LogP contribution in [0.15, 0.2) is 71.5 Å². The Morgan fingerprint density at radius 1 is 0.842 bits per heavy atom. The summed E-state index contributed by atoms with van der Waals surface area (Å²) in [6.45, 7) is -0.00396. The lowest BCUT2D eigenvalue weighted by molar-refractivity contribution is -0.142. The standard InChI is InChI=1S/C25H13F6N5OS/c26-24(27,28)14-5-6-16(17(8-14)25(29,30)31)18-9-15(37-35-18)11-36-12-20-19(10-32-36)33-23(34-20)22-7-13-3-1-2-4-21(13)38-22/h1-10,12H,11H2. The Balaban J connectivity index is 1.28. The van der Waals surface area contributed by atoms with E-state index in [-0.39, 0.29) is 24.1 Å². The van der Waals surface area contributed by atoms with E-state index in [2.05, 4.69) is 20.2 Å². The number of benzene rings is 2. The van der Waals surface area contributed by atoms with Gasteiger partial charge in [-0.15, -0.1) is 11.3 Å². The van der Waals surface area contributed by atoms with E-state index in [1.165, 1.54) is 16.9 Å². The maximum atomic E-state index is 13.5. The van der Waals surface area contributed by atoms with Gasteiger partial charge in [0, 0.05) is 16.3 Å². The van der Waals surface area contributed by atoms with Crippen molar-refractivity contribution in [3.8, 4) is 33.3 Å². The fraction of sp³-hybridized carbons (Fsp3) is 0.120. The molecule has 6 rings (SSSR count). The molecule has 0 saturated heterocycles. The van der Waals surface area contributed by atoms with Gasteiger partial charge in [-0.25, -0.2) is 9.97 Å². The van der Waals surface area contributed by atoms with E-state index in [1.54, 1.807) is 17.5 Å². The molecule has 0 atom stereocenters. The van der Waals surface area contributed by atoms with Crippen LogP contribution in [-0.4, -0.2) is 24.9 Å². The van der Waals surface area contributed by atoms with Gasteiger partial charge in [-0.1, -0.05) is 29.4 Å². The number of hydrogen-bond acceptors (Lipinski definition) is 6. The highest BCUT2D eigenvalue weighted by atomic mass is 32.1. The zero-order valence-corrected chi connectivity index (χ0v) is 19.7. The lowest BCUT2D eigenvalue weighted by Crippen LogP contribution is -2.12. The van der Waals surface area contributed by atoms with Gasteiger partial charge in [0.15, 0.2) is 11.6 Å². The molecule has 0 saturated carbocycles. The fourth-order valence-electron chi connectivity index (χ4n) is 4.00. The van der Waals surface area contributed by atoms with Crippen LogP contribution in [0.5, 0.6) is 0 Å². The Morgan fingerprint density at radius 2 is 1.63 bits per heavy atom. The summed E-state index contributed by atoms with van der Waals surface area (Å²) in [5.41, 5.74) is -2.52. The number of alkyl halides is 6. The first-order valence-corrected chi connectivity index (χ1v) is 11.8. The number of aromatic nitrogens is 5. The highest BCUT2D eigenvalue weighted by Gasteiger charge is 2.39. The maximum Gasteiger partial charge on any atom is 0.417 e. The van der Waals surface area contributed by atoms with Crippen LogP contribution in [0.4, 0.5) is 26.3 Å². The van der Waals surface area contributed by atoms with Crippen molar-refractivity contribution < 1.29 is 30.9 Å². The Labute approximate surface area is 213 Å². The van der Waals surface area contributed by atoms with Crippen LogP contribution >= 0.6 is 11.3 Å². The Morgan fingerprint density at radius 3 is 2.39 bits per heavy atom. The van der Waals surface area contributed by atoms with E-state index in [1.807, 2.05) is 30.3 Å². The van der Waals surface area contributed by atoms with E-state index in [9.17, 15) is 26.3 Å². The lowest BCUT2D eigenvalue weighted by Gasteiger charge is -2.14. The maximum absolute atomic E-state index is 13.5. The smallest absolute Gasteiger partial charge is 0.359 e. The van der Waals surface area contributed by atoms with Crippen molar-refractivity contribution in [1.29, 1.82) is 0 Å². The Kier molecular flexibility index (Phi) is 5.49. The molecule has 13 heteroatoms. The largest absolute Gasteiger partial charge is 0.417 e. The van der Waals surface area contributed by atoms with Gasteiger partial charge in [0.2, 0.25) is 0 Å². The molecule has 0 N–H and O–H groups in total. The van der Waals surface area contributed by atoms with Gasteiger partial charge >= 0.3 is 12.4 Å². The molecule has 0 spiro atoms. The molecule has 0 aliphatic carbocycles. The second-order valence-corrected chi connectivity index (χ2v) is 9.46. The zero-order chi connectivity index (χ0) is 26.7. The molecule has 2 aliphatic rings. The lowest BCUT2D eigenvalue weighted by atomic mass is 10.0. The summed E-state index contributed by atoms with van der Waals surface area (Å²) in [5, 5.41) is 8.99. The summed E-state index contributed by atoms with van der Waals surface area (Å²) in [7, 11) is 0. The molecule has 4 heterocycles. The minimum absolute atomic E-state index is 0.00396. The van der Waals surface area contributed by atoms with Crippen molar-refractivity contribution in [2.45, 2.75) is 18.9 Å². The van der Waals surface area contributed by atoms with Crippen LogP contribution < -0.4 is 0 Å². The summed E-state index contributed by atoms with van der Waals surface area (Å²) in [6.07, 6.45) is -6.83. The molecule has 2 aromatic carbocycles. The molecule has 0 bridgehead atoms. The van der Waals surface area contributed by atoms with Crippen LogP contribution in [0, 0.1) is 0 Å². The third kappa shape index (κ3) is 4.49. The molecular weight excluding hydrogens is 532 g/mol. The number of thiophene rings is 1. The predicted octanol–water partition coefficient (Wildman–Crippen LogP) is 7.40. The number of rotatable bonds is 4. The topological polar surface area (TPSA) is 69.6 Å². The van der Waals surface area contributed by atoms with Crippen molar-refractivity contribution in [3.05, 3.63) is 83.9 Å². The molecule has 0 radical (unpaired) electrons. The van der Waals surface area contributed by atoms with Gasteiger partial charge < -0.3 is 4.52 Å². The van der Waals surface area contributed by atoms with E-state index in [4.69, 9.17) is 4.52 Å². The first-order valence-electron chi connectivity index (χ1n) is 11.0. The number of nitrogens with zero attached hydrogens (tertiary/aromatic N) is 5. The molecule has 2 aliphatic heterocycles. The summed E-state index contributed by atoms with van der Waals surface area (Å²) in [4.78, 5) is 10.00. The highest BCUT2D eigenvalue weighted by Crippen LogP contribution is 2.41. The molecule has 0 unspecified atom stereocenters. The second kappa shape index (κ2) is 8.65. The van der Waals surface area contributed by atoms with Crippen molar-refractivity contribution in [3.63, 3.8) is 0 Å². The highest BCUT2D eigenvalue weighted by molar-refractivity contribution is 7.22. The molecule has 0 amide bonds. The molecule has 4 aromatic rings. The molecule has 6 nitrogen and oxygen atoms in total. The van der Waals surface area contributed by atoms with Gasteiger partial charge in [-0.2, -0.15) is 31.4 Å².